The lowest BCUT2D eigenvalue weighted by Gasteiger charge is -2.16. The lowest BCUT2D eigenvalue weighted by atomic mass is 10.1. The van der Waals surface area contributed by atoms with Crippen molar-refractivity contribution < 1.29 is 9.18 Å². The highest BCUT2D eigenvalue weighted by molar-refractivity contribution is 14.0. The second kappa shape index (κ2) is 11.9. The number of likely N-dealkylation sites (tertiary alicyclic amines) is 1. The van der Waals surface area contributed by atoms with Crippen LogP contribution in [-0.2, 0) is 24.4 Å². The molecule has 0 spiro atoms. The topological polar surface area (TPSA) is 56.7 Å². The highest BCUT2D eigenvalue weighted by atomic mass is 127. The molecule has 162 valence electrons. The Kier molecular flexibility index (Phi) is 9.55. The Morgan fingerprint density at radius 1 is 1.10 bits per heavy atom. The first-order valence-corrected chi connectivity index (χ1v) is 10.2. The number of carbonyl (C=O) groups is 1. The van der Waals surface area contributed by atoms with Crippen molar-refractivity contribution >= 4 is 35.8 Å². The van der Waals surface area contributed by atoms with Crippen molar-refractivity contribution in [1.29, 1.82) is 0 Å². The van der Waals surface area contributed by atoms with E-state index in [1.54, 1.807) is 13.0 Å². The average molecular weight is 524 g/mol. The van der Waals surface area contributed by atoms with Crippen LogP contribution in [0.1, 0.15) is 42.0 Å². The first-order valence-electron chi connectivity index (χ1n) is 10.2. The van der Waals surface area contributed by atoms with Crippen LogP contribution >= 0.6 is 24.0 Å². The number of hydrogen-bond acceptors (Lipinski definition) is 2. The van der Waals surface area contributed by atoms with Gasteiger partial charge in [0.15, 0.2) is 5.96 Å². The van der Waals surface area contributed by atoms with Crippen LogP contribution in [0.2, 0.25) is 0 Å². The van der Waals surface area contributed by atoms with Crippen molar-refractivity contribution in [3.8, 4) is 0 Å². The van der Waals surface area contributed by atoms with Crippen molar-refractivity contribution in [3.63, 3.8) is 0 Å². The van der Waals surface area contributed by atoms with Gasteiger partial charge in [0.1, 0.15) is 5.82 Å². The van der Waals surface area contributed by atoms with Crippen LogP contribution in [0.3, 0.4) is 0 Å². The van der Waals surface area contributed by atoms with Crippen LogP contribution in [0.25, 0.3) is 0 Å². The smallest absolute Gasteiger partial charge is 0.222 e. The van der Waals surface area contributed by atoms with E-state index in [4.69, 9.17) is 0 Å². The minimum Gasteiger partial charge on any atom is -0.357 e. The van der Waals surface area contributed by atoms with E-state index in [1.165, 1.54) is 6.07 Å². The molecule has 2 N–H and O–H groups in total. The molecule has 0 aliphatic carbocycles. The Hall–Kier alpha value is -2.16. The standard InChI is InChI=1S/C23H29FN4O.HI/c1-3-25-23(27-15-20-7-6-17(2)21(24)13-20)26-14-18-8-10-19(11-9-18)16-28-12-4-5-22(28)29;/h6-11,13H,3-5,12,14-16H2,1-2H3,(H2,25,26,27);1H. The highest BCUT2D eigenvalue weighted by Gasteiger charge is 2.19. The summed E-state index contributed by atoms with van der Waals surface area (Å²) in [6, 6.07) is 13.5. The van der Waals surface area contributed by atoms with Gasteiger partial charge in [-0.25, -0.2) is 9.38 Å². The second-order valence-corrected chi connectivity index (χ2v) is 7.37. The molecule has 1 fully saturated rings. The number of hydrogen-bond donors (Lipinski definition) is 2. The fourth-order valence-electron chi connectivity index (χ4n) is 3.29. The molecule has 0 saturated carbocycles. The normalized spacial score (nSPS) is 13.9. The summed E-state index contributed by atoms with van der Waals surface area (Å²) in [5.41, 5.74) is 3.76. The number of nitrogens with one attached hydrogen (secondary N) is 2. The quantitative estimate of drug-likeness (QED) is 0.326. The third-order valence-electron chi connectivity index (χ3n) is 5.03. The highest BCUT2D eigenvalue weighted by Crippen LogP contribution is 2.15. The van der Waals surface area contributed by atoms with Gasteiger partial charge in [-0.15, -0.1) is 24.0 Å². The van der Waals surface area contributed by atoms with Crippen molar-refractivity contribution in [1.82, 2.24) is 15.5 Å². The molecular weight excluding hydrogens is 494 g/mol. The molecule has 0 radical (unpaired) electrons. The van der Waals surface area contributed by atoms with Crippen LogP contribution < -0.4 is 10.6 Å². The van der Waals surface area contributed by atoms with Gasteiger partial charge in [0.2, 0.25) is 5.91 Å². The van der Waals surface area contributed by atoms with E-state index in [1.807, 2.05) is 17.9 Å². The molecule has 0 aromatic heterocycles. The van der Waals surface area contributed by atoms with E-state index in [2.05, 4.69) is 39.9 Å². The molecule has 1 saturated heterocycles. The van der Waals surface area contributed by atoms with Crippen LogP contribution in [0.15, 0.2) is 47.5 Å². The largest absolute Gasteiger partial charge is 0.357 e. The minimum absolute atomic E-state index is 0. The summed E-state index contributed by atoms with van der Waals surface area (Å²) < 4.78 is 13.7. The molecule has 5 nitrogen and oxygen atoms in total. The first-order chi connectivity index (χ1) is 14.0. The Morgan fingerprint density at radius 3 is 2.43 bits per heavy atom. The fourth-order valence-corrected chi connectivity index (χ4v) is 3.29. The molecule has 1 aliphatic rings. The molecule has 0 atom stereocenters. The predicted octanol–water partition coefficient (Wildman–Crippen LogP) is 4.13. The Labute approximate surface area is 195 Å². The number of rotatable bonds is 7. The minimum atomic E-state index is -0.202. The molecule has 1 amide bonds. The summed E-state index contributed by atoms with van der Waals surface area (Å²) in [5, 5.41) is 6.53. The van der Waals surface area contributed by atoms with Crippen LogP contribution in [0.4, 0.5) is 4.39 Å². The number of guanidine groups is 1. The number of halogens is 2. The Balaban J connectivity index is 0.00000320. The van der Waals surface area contributed by atoms with Crippen molar-refractivity contribution in [2.45, 2.75) is 46.3 Å². The van der Waals surface area contributed by atoms with E-state index >= 15 is 0 Å². The fraction of sp³-hybridized carbons (Fsp3) is 0.391. The number of amides is 1. The summed E-state index contributed by atoms with van der Waals surface area (Å²) in [5.74, 6) is 0.738. The van der Waals surface area contributed by atoms with E-state index in [-0.39, 0.29) is 35.7 Å². The molecule has 30 heavy (non-hydrogen) atoms. The van der Waals surface area contributed by atoms with E-state index < -0.39 is 0 Å². The number of carbonyl (C=O) groups excluding carboxylic acids is 1. The van der Waals surface area contributed by atoms with Gasteiger partial charge in [0, 0.05) is 32.6 Å². The van der Waals surface area contributed by atoms with E-state index in [9.17, 15) is 9.18 Å². The molecule has 0 bridgehead atoms. The summed E-state index contributed by atoms with van der Waals surface area (Å²) in [6.45, 7) is 7.10. The predicted molar refractivity (Wildman–Crippen MR) is 129 cm³/mol. The lowest BCUT2D eigenvalue weighted by Crippen LogP contribution is -2.36. The number of aryl methyl sites for hydroxylation is 1. The van der Waals surface area contributed by atoms with Gasteiger partial charge in [-0.1, -0.05) is 36.4 Å². The average Bonchev–Trinajstić information content (AvgIpc) is 3.12. The monoisotopic (exact) mass is 524 g/mol. The van der Waals surface area contributed by atoms with Gasteiger partial charge in [0.25, 0.3) is 0 Å². The summed E-state index contributed by atoms with van der Waals surface area (Å²) in [6.07, 6.45) is 1.63. The molecule has 0 unspecified atom stereocenters. The second-order valence-electron chi connectivity index (χ2n) is 7.37. The molecular formula is C23H30FIN4O. The van der Waals surface area contributed by atoms with E-state index in [0.717, 1.165) is 36.2 Å². The third kappa shape index (κ3) is 6.97. The van der Waals surface area contributed by atoms with Crippen LogP contribution in [0.5, 0.6) is 0 Å². The summed E-state index contributed by atoms with van der Waals surface area (Å²) in [4.78, 5) is 18.2. The lowest BCUT2D eigenvalue weighted by molar-refractivity contribution is -0.128. The SMILES string of the molecule is CCNC(=NCc1ccc(C)c(F)c1)NCc1ccc(CN2CCCC2=O)cc1.I. The van der Waals surface area contributed by atoms with Crippen LogP contribution in [0, 0.1) is 12.7 Å². The van der Waals surface area contributed by atoms with Crippen molar-refractivity contribution in [2.24, 2.45) is 4.99 Å². The molecule has 2 aromatic carbocycles. The number of nitrogens with zero attached hydrogens (tertiary/aromatic N) is 2. The maximum atomic E-state index is 13.7. The van der Waals surface area contributed by atoms with Gasteiger partial charge in [0.05, 0.1) is 6.54 Å². The zero-order valence-electron chi connectivity index (χ0n) is 17.6. The maximum absolute atomic E-state index is 13.7. The summed E-state index contributed by atoms with van der Waals surface area (Å²) >= 11 is 0. The molecule has 7 heteroatoms. The van der Waals surface area contributed by atoms with Gasteiger partial charge >= 0.3 is 0 Å². The maximum Gasteiger partial charge on any atom is 0.222 e. The number of benzene rings is 2. The van der Waals surface area contributed by atoms with Gasteiger partial charge in [-0.2, -0.15) is 0 Å². The molecule has 1 aliphatic heterocycles. The van der Waals surface area contributed by atoms with E-state index in [0.29, 0.717) is 37.6 Å². The van der Waals surface area contributed by atoms with Crippen molar-refractivity contribution in [3.05, 3.63) is 70.5 Å². The van der Waals surface area contributed by atoms with Gasteiger partial charge < -0.3 is 15.5 Å². The third-order valence-corrected chi connectivity index (χ3v) is 5.03. The Bertz CT molecular complexity index is 870. The van der Waals surface area contributed by atoms with Gasteiger partial charge in [-0.3, -0.25) is 4.79 Å². The zero-order chi connectivity index (χ0) is 20.6. The van der Waals surface area contributed by atoms with Crippen LogP contribution in [-0.4, -0.2) is 29.9 Å². The summed E-state index contributed by atoms with van der Waals surface area (Å²) in [7, 11) is 0. The molecule has 1 heterocycles. The Morgan fingerprint density at radius 2 is 1.80 bits per heavy atom. The van der Waals surface area contributed by atoms with Gasteiger partial charge in [-0.05, 0) is 48.6 Å². The zero-order valence-corrected chi connectivity index (χ0v) is 19.9. The van der Waals surface area contributed by atoms with Crippen molar-refractivity contribution in [2.75, 3.05) is 13.1 Å². The number of aliphatic imine (C=N–C) groups is 1. The first kappa shape index (κ1) is 24.1. The molecule has 2 aromatic rings. The molecule has 3 rings (SSSR count).